The van der Waals surface area contributed by atoms with Crippen molar-refractivity contribution in [3.63, 3.8) is 0 Å². The van der Waals surface area contributed by atoms with Gasteiger partial charge < -0.3 is 5.32 Å². The standard InChI is InChI=1S/C18H37N/c1-8-15(4)18(13-19-14(2)3)11-9-16(10-12-18)17(5,6)7/h14-16,19H,8-13H2,1-7H3. The van der Waals surface area contributed by atoms with Gasteiger partial charge in [-0.1, -0.05) is 54.9 Å². The minimum atomic E-state index is 0.493. The van der Waals surface area contributed by atoms with Gasteiger partial charge in [0.1, 0.15) is 0 Å². The lowest BCUT2D eigenvalue weighted by Crippen LogP contribution is -2.45. The molecule has 1 saturated carbocycles. The predicted octanol–water partition coefficient (Wildman–Crippen LogP) is 5.25. The van der Waals surface area contributed by atoms with Crippen molar-refractivity contribution in [3.8, 4) is 0 Å². The Bertz CT molecular complexity index is 253. The van der Waals surface area contributed by atoms with E-state index < -0.39 is 0 Å². The Morgan fingerprint density at radius 3 is 2.00 bits per heavy atom. The van der Waals surface area contributed by atoms with Crippen LogP contribution in [0.15, 0.2) is 0 Å². The summed E-state index contributed by atoms with van der Waals surface area (Å²) in [5.74, 6) is 1.77. The van der Waals surface area contributed by atoms with Gasteiger partial charge in [0.25, 0.3) is 0 Å². The second-order valence-corrected chi connectivity index (χ2v) is 8.35. The maximum Gasteiger partial charge on any atom is 0.00127 e. The van der Waals surface area contributed by atoms with E-state index in [1.807, 2.05) is 0 Å². The van der Waals surface area contributed by atoms with Gasteiger partial charge in [-0.2, -0.15) is 0 Å². The van der Waals surface area contributed by atoms with E-state index in [9.17, 15) is 0 Å². The monoisotopic (exact) mass is 267 g/mol. The molecule has 1 heteroatoms. The largest absolute Gasteiger partial charge is 0.314 e. The Labute approximate surface area is 121 Å². The molecule has 1 aliphatic carbocycles. The second-order valence-electron chi connectivity index (χ2n) is 8.35. The van der Waals surface area contributed by atoms with Gasteiger partial charge >= 0.3 is 0 Å². The molecule has 0 heterocycles. The molecule has 19 heavy (non-hydrogen) atoms. The fourth-order valence-electron chi connectivity index (χ4n) is 3.74. The fourth-order valence-corrected chi connectivity index (χ4v) is 3.74. The summed E-state index contributed by atoms with van der Waals surface area (Å²) in [7, 11) is 0. The Balaban J connectivity index is 2.69. The highest BCUT2D eigenvalue weighted by Crippen LogP contribution is 2.49. The van der Waals surface area contributed by atoms with Crippen molar-refractivity contribution in [2.75, 3.05) is 6.54 Å². The first-order valence-corrected chi connectivity index (χ1v) is 8.44. The van der Waals surface area contributed by atoms with E-state index in [0.717, 1.165) is 11.8 Å². The van der Waals surface area contributed by atoms with E-state index in [4.69, 9.17) is 0 Å². The summed E-state index contributed by atoms with van der Waals surface area (Å²) in [5.41, 5.74) is 1.05. The minimum absolute atomic E-state index is 0.493. The number of rotatable bonds is 5. The van der Waals surface area contributed by atoms with Gasteiger partial charge in [0.05, 0.1) is 0 Å². The lowest BCUT2D eigenvalue weighted by molar-refractivity contribution is 0.0419. The second kappa shape index (κ2) is 6.61. The van der Waals surface area contributed by atoms with Gasteiger partial charge in [-0.25, -0.2) is 0 Å². The highest BCUT2D eigenvalue weighted by atomic mass is 14.9. The van der Waals surface area contributed by atoms with Crippen molar-refractivity contribution >= 4 is 0 Å². The van der Waals surface area contributed by atoms with E-state index in [-0.39, 0.29) is 0 Å². The highest BCUT2D eigenvalue weighted by molar-refractivity contribution is 4.93. The van der Waals surface area contributed by atoms with Crippen molar-refractivity contribution in [2.24, 2.45) is 22.7 Å². The first kappa shape index (κ1) is 17.0. The first-order valence-electron chi connectivity index (χ1n) is 8.44. The van der Waals surface area contributed by atoms with Crippen LogP contribution in [-0.4, -0.2) is 12.6 Å². The normalized spacial score (nSPS) is 30.6. The van der Waals surface area contributed by atoms with Crippen LogP contribution in [0.4, 0.5) is 0 Å². The molecule has 0 aromatic heterocycles. The van der Waals surface area contributed by atoms with E-state index in [2.05, 4.69) is 53.8 Å². The molecule has 1 N–H and O–H groups in total. The Morgan fingerprint density at radius 2 is 1.63 bits per heavy atom. The molecule has 1 nitrogen and oxygen atoms in total. The quantitative estimate of drug-likeness (QED) is 0.717. The summed E-state index contributed by atoms with van der Waals surface area (Å²) in [4.78, 5) is 0. The zero-order valence-corrected chi connectivity index (χ0v) is 14.5. The summed E-state index contributed by atoms with van der Waals surface area (Å²) in [6.07, 6.45) is 7.01. The SMILES string of the molecule is CCC(C)C1(CNC(C)C)CCC(C(C)(C)C)CC1. The molecule has 0 aliphatic heterocycles. The molecule has 0 spiro atoms. The molecule has 0 radical (unpaired) electrons. The van der Waals surface area contributed by atoms with E-state index in [0.29, 0.717) is 16.9 Å². The molecular weight excluding hydrogens is 230 g/mol. The smallest absolute Gasteiger partial charge is 0.00127 e. The van der Waals surface area contributed by atoms with E-state index in [1.165, 1.54) is 38.6 Å². The van der Waals surface area contributed by atoms with Crippen LogP contribution in [0.3, 0.4) is 0 Å². The molecule has 1 atom stereocenters. The van der Waals surface area contributed by atoms with Gasteiger partial charge in [0, 0.05) is 12.6 Å². The van der Waals surface area contributed by atoms with Crippen LogP contribution in [0.2, 0.25) is 0 Å². The van der Waals surface area contributed by atoms with Crippen molar-refractivity contribution in [3.05, 3.63) is 0 Å². The molecule has 0 saturated heterocycles. The van der Waals surface area contributed by atoms with Crippen LogP contribution in [0, 0.1) is 22.7 Å². The average molecular weight is 268 g/mol. The molecule has 114 valence electrons. The molecular formula is C18H37N. The van der Waals surface area contributed by atoms with Crippen molar-refractivity contribution < 1.29 is 0 Å². The van der Waals surface area contributed by atoms with E-state index in [1.54, 1.807) is 0 Å². The number of hydrogen-bond acceptors (Lipinski definition) is 1. The summed E-state index contributed by atoms with van der Waals surface area (Å²) < 4.78 is 0. The third-order valence-electron chi connectivity index (χ3n) is 5.73. The minimum Gasteiger partial charge on any atom is -0.314 e. The Morgan fingerprint density at radius 1 is 1.11 bits per heavy atom. The predicted molar refractivity (Wildman–Crippen MR) is 86.4 cm³/mol. The highest BCUT2D eigenvalue weighted by Gasteiger charge is 2.41. The molecule has 0 bridgehead atoms. The topological polar surface area (TPSA) is 12.0 Å². The first-order chi connectivity index (χ1) is 8.71. The molecule has 0 aromatic carbocycles. The lowest BCUT2D eigenvalue weighted by Gasteiger charge is -2.47. The Hall–Kier alpha value is -0.0400. The lowest BCUT2D eigenvalue weighted by atomic mass is 9.59. The summed E-state index contributed by atoms with van der Waals surface area (Å²) in [6.45, 7) is 17.8. The average Bonchev–Trinajstić information content (AvgIpc) is 2.34. The molecule has 0 amide bonds. The van der Waals surface area contributed by atoms with Crippen LogP contribution in [-0.2, 0) is 0 Å². The molecule has 0 aromatic rings. The molecule has 1 rings (SSSR count). The van der Waals surface area contributed by atoms with Crippen LogP contribution < -0.4 is 5.32 Å². The zero-order chi connectivity index (χ0) is 14.7. The third kappa shape index (κ3) is 4.48. The van der Waals surface area contributed by atoms with Gasteiger partial charge in [-0.15, -0.1) is 0 Å². The van der Waals surface area contributed by atoms with Gasteiger partial charge in [0.2, 0.25) is 0 Å². The fraction of sp³-hybridized carbons (Fsp3) is 1.00. The molecule has 1 aliphatic rings. The zero-order valence-electron chi connectivity index (χ0n) is 14.5. The van der Waals surface area contributed by atoms with Gasteiger partial charge in [0.15, 0.2) is 0 Å². The van der Waals surface area contributed by atoms with Crippen molar-refractivity contribution in [2.45, 2.75) is 86.6 Å². The Kier molecular flexibility index (Phi) is 5.92. The maximum absolute atomic E-state index is 3.72. The number of nitrogens with one attached hydrogen (secondary N) is 1. The summed E-state index contributed by atoms with van der Waals surface area (Å²) in [6, 6.07) is 0.612. The van der Waals surface area contributed by atoms with Gasteiger partial charge in [-0.05, 0) is 48.3 Å². The van der Waals surface area contributed by atoms with Crippen LogP contribution in [0.25, 0.3) is 0 Å². The van der Waals surface area contributed by atoms with Crippen molar-refractivity contribution in [1.29, 1.82) is 0 Å². The van der Waals surface area contributed by atoms with Gasteiger partial charge in [-0.3, -0.25) is 0 Å². The third-order valence-corrected chi connectivity index (χ3v) is 5.73. The molecule has 1 fully saturated rings. The van der Waals surface area contributed by atoms with Crippen LogP contribution >= 0.6 is 0 Å². The summed E-state index contributed by atoms with van der Waals surface area (Å²) in [5, 5.41) is 3.72. The summed E-state index contributed by atoms with van der Waals surface area (Å²) >= 11 is 0. The van der Waals surface area contributed by atoms with Crippen LogP contribution in [0.1, 0.15) is 80.6 Å². The van der Waals surface area contributed by atoms with Crippen molar-refractivity contribution in [1.82, 2.24) is 5.32 Å². The van der Waals surface area contributed by atoms with Crippen LogP contribution in [0.5, 0.6) is 0 Å². The molecule has 1 unspecified atom stereocenters. The maximum atomic E-state index is 3.72. The van der Waals surface area contributed by atoms with E-state index >= 15 is 0 Å². The number of hydrogen-bond donors (Lipinski definition) is 1.